The molecule has 0 bridgehead atoms. The van der Waals surface area contributed by atoms with Gasteiger partial charge in [0, 0.05) is 0 Å². The van der Waals surface area contributed by atoms with Gasteiger partial charge in [0.1, 0.15) is 17.7 Å². The molecule has 122 valence electrons. The maximum absolute atomic E-state index is 8.83. The molecule has 0 saturated heterocycles. The van der Waals surface area contributed by atoms with Gasteiger partial charge in [0.15, 0.2) is 11.5 Å². The van der Waals surface area contributed by atoms with E-state index in [-0.39, 0.29) is 5.57 Å². The second kappa shape index (κ2) is 10.7. The normalized spacial score (nSPS) is 9.61. The lowest BCUT2D eigenvalue weighted by Crippen LogP contribution is -2.00. The van der Waals surface area contributed by atoms with Crippen molar-refractivity contribution in [3.63, 3.8) is 0 Å². The number of rotatable bonds is 9. The molecule has 4 nitrogen and oxygen atoms in total. The fourth-order valence-corrected chi connectivity index (χ4v) is 2.67. The molecule has 0 saturated carbocycles. The van der Waals surface area contributed by atoms with Crippen LogP contribution in [-0.4, -0.2) is 13.7 Å². The van der Waals surface area contributed by atoms with Crippen molar-refractivity contribution in [1.82, 2.24) is 0 Å². The second-order valence-corrected chi connectivity index (χ2v) is 5.93. The first kappa shape index (κ1) is 19.1. The minimum Gasteiger partial charge on any atom is -0.493 e. The molecule has 0 atom stereocenters. The Balaban J connectivity index is 2.80. The van der Waals surface area contributed by atoms with Crippen LogP contribution in [0.1, 0.15) is 44.6 Å². The Kier molecular flexibility index (Phi) is 8.87. The van der Waals surface area contributed by atoms with Crippen molar-refractivity contribution in [2.45, 2.75) is 39.0 Å². The number of ether oxygens (including phenoxy) is 2. The Morgan fingerprint density at radius 3 is 2.48 bits per heavy atom. The van der Waals surface area contributed by atoms with Crippen molar-refractivity contribution >= 4 is 22.0 Å². The number of nitrogens with zero attached hydrogens (tertiary/aromatic N) is 2. The van der Waals surface area contributed by atoms with Crippen molar-refractivity contribution in [3.05, 3.63) is 27.7 Å². The van der Waals surface area contributed by atoms with Gasteiger partial charge >= 0.3 is 0 Å². The van der Waals surface area contributed by atoms with Gasteiger partial charge in [-0.05, 0) is 46.1 Å². The molecule has 0 spiro atoms. The van der Waals surface area contributed by atoms with Crippen LogP contribution in [0, 0.1) is 22.7 Å². The van der Waals surface area contributed by atoms with Crippen molar-refractivity contribution in [2.75, 3.05) is 13.7 Å². The van der Waals surface area contributed by atoms with E-state index in [4.69, 9.17) is 20.0 Å². The van der Waals surface area contributed by atoms with Crippen LogP contribution in [0.5, 0.6) is 11.5 Å². The summed E-state index contributed by atoms with van der Waals surface area (Å²) >= 11 is 3.47. The minimum absolute atomic E-state index is 0.0449. The molecule has 0 heterocycles. The van der Waals surface area contributed by atoms with Gasteiger partial charge in [-0.15, -0.1) is 0 Å². The molecular formula is C18H21BrN2O2. The maximum atomic E-state index is 8.83. The molecule has 0 aliphatic carbocycles. The molecule has 5 heteroatoms. The van der Waals surface area contributed by atoms with E-state index >= 15 is 0 Å². The Hall–Kier alpha value is -1.98. The Bertz CT molecular complexity index is 611. The van der Waals surface area contributed by atoms with Crippen molar-refractivity contribution in [1.29, 1.82) is 10.5 Å². The molecule has 1 aromatic carbocycles. The van der Waals surface area contributed by atoms with Crippen LogP contribution in [0.15, 0.2) is 22.2 Å². The maximum Gasteiger partial charge on any atom is 0.175 e. The summed E-state index contributed by atoms with van der Waals surface area (Å²) in [5.74, 6) is 1.23. The molecule has 1 rings (SSSR count). The first-order chi connectivity index (χ1) is 11.2. The first-order valence-electron chi connectivity index (χ1n) is 7.68. The topological polar surface area (TPSA) is 66.0 Å². The van der Waals surface area contributed by atoms with Crippen LogP contribution in [-0.2, 0) is 0 Å². The van der Waals surface area contributed by atoms with E-state index in [1.165, 1.54) is 25.3 Å². The summed E-state index contributed by atoms with van der Waals surface area (Å²) in [6.45, 7) is 2.83. The van der Waals surface area contributed by atoms with Crippen LogP contribution in [0.25, 0.3) is 6.08 Å². The average Bonchev–Trinajstić information content (AvgIpc) is 2.56. The van der Waals surface area contributed by atoms with Crippen LogP contribution in [0.2, 0.25) is 0 Å². The standard InChI is InChI=1S/C18H21BrN2O2/c1-3-4-5-6-7-8-23-18-16(19)10-14(11-17(18)22-2)9-15(12-20)13-21/h9-11H,3-8H2,1-2H3. The van der Waals surface area contributed by atoms with Gasteiger partial charge in [0.25, 0.3) is 0 Å². The number of hydrogen-bond donors (Lipinski definition) is 0. The molecule has 1 aromatic rings. The highest BCUT2D eigenvalue weighted by atomic mass is 79.9. The summed E-state index contributed by atoms with van der Waals surface area (Å²) in [4.78, 5) is 0. The van der Waals surface area contributed by atoms with Gasteiger partial charge < -0.3 is 9.47 Å². The molecule has 0 aromatic heterocycles. The van der Waals surface area contributed by atoms with Gasteiger partial charge in [0.2, 0.25) is 0 Å². The number of halogens is 1. The Morgan fingerprint density at radius 2 is 1.87 bits per heavy atom. The number of benzene rings is 1. The zero-order chi connectivity index (χ0) is 17.1. The molecule has 0 amide bonds. The summed E-state index contributed by atoms with van der Waals surface area (Å²) in [6.07, 6.45) is 7.39. The van der Waals surface area contributed by atoms with Crippen LogP contribution in [0.4, 0.5) is 0 Å². The molecular weight excluding hydrogens is 356 g/mol. The second-order valence-electron chi connectivity index (χ2n) is 5.08. The third kappa shape index (κ3) is 6.34. The smallest absolute Gasteiger partial charge is 0.175 e. The Labute approximate surface area is 146 Å². The molecule has 0 aliphatic heterocycles. The number of unbranched alkanes of at least 4 members (excludes halogenated alkanes) is 4. The van der Waals surface area contributed by atoms with Gasteiger partial charge in [-0.2, -0.15) is 10.5 Å². The van der Waals surface area contributed by atoms with Gasteiger partial charge in [0.05, 0.1) is 18.2 Å². The number of allylic oxidation sites excluding steroid dienone is 1. The highest BCUT2D eigenvalue weighted by molar-refractivity contribution is 9.10. The van der Waals surface area contributed by atoms with Crippen LogP contribution >= 0.6 is 15.9 Å². The average molecular weight is 377 g/mol. The zero-order valence-corrected chi connectivity index (χ0v) is 15.1. The molecule has 0 N–H and O–H groups in total. The molecule has 23 heavy (non-hydrogen) atoms. The zero-order valence-electron chi connectivity index (χ0n) is 13.6. The molecule has 0 radical (unpaired) electrons. The fourth-order valence-electron chi connectivity index (χ4n) is 2.10. The van der Waals surface area contributed by atoms with E-state index in [0.717, 1.165) is 17.3 Å². The number of nitriles is 2. The highest BCUT2D eigenvalue weighted by Gasteiger charge is 2.11. The van der Waals surface area contributed by atoms with Crippen molar-refractivity contribution < 1.29 is 9.47 Å². The predicted molar refractivity (Wildman–Crippen MR) is 94.2 cm³/mol. The summed E-state index contributed by atoms with van der Waals surface area (Å²) in [5.41, 5.74) is 0.755. The summed E-state index contributed by atoms with van der Waals surface area (Å²) < 4.78 is 11.9. The van der Waals surface area contributed by atoms with E-state index in [9.17, 15) is 0 Å². The first-order valence-corrected chi connectivity index (χ1v) is 8.47. The van der Waals surface area contributed by atoms with E-state index in [1.807, 2.05) is 18.2 Å². The lowest BCUT2D eigenvalue weighted by Gasteiger charge is -2.13. The minimum atomic E-state index is 0.0449. The van der Waals surface area contributed by atoms with E-state index in [1.54, 1.807) is 13.2 Å². The SMILES string of the molecule is CCCCCCCOc1c(Br)cc(C=C(C#N)C#N)cc1OC. The van der Waals surface area contributed by atoms with Crippen molar-refractivity contribution in [3.8, 4) is 23.6 Å². The summed E-state index contributed by atoms with van der Waals surface area (Å²) in [7, 11) is 1.57. The lowest BCUT2D eigenvalue weighted by molar-refractivity contribution is 0.283. The van der Waals surface area contributed by atoms with Crippen LogP contribution < -0.4 is 9.47 Å². The number of hydrogen-bond acceptors (Lipinski definition) is 4. The largest absolute Gasteiger partial charge is 0.493 e. The molecule has 0 unspecified atom stereocenters. The van der Waals surface area contributed by atoms with Crippen molar-refractivity contribution in [2.24, 2.45) is 0 Å². The lowest BCUT2D eigenvalue weighted by atomic mass is 10.1. The van der Waals surface area contributed by atoms with E-state index < -0.39 is 0 Å². The van der Waals surface area contributed by atoms with Gasteiger partial charge in [-0.25, -0.2) is 0 Å². The van der Waals surface area contributed by atoms with E-state index in [0.29, 0.717) is 23.7 Å². The Morgan fingerprint density at radius 1 is 1.17 bits per heavy atom. The highest BCUT2D eigenvalue weighted by Crippen LogP contribution is 2.37. The van der Waals surface area contributed by atoms with E-state index in [2.05, 4.69) is 22.9 Å². The monoisotopic (exact) mass is 376 g/mol. The van der Waals surface area contributed by atoms with Gasteiger partial charge in [-0.1, -0.05) is 32.6 Å². The third-order valence-electron chi connectivity index (χ3n) is 3.30. The van der Waals surface area contributed by atoms with Gasteiger partial charge in [-0.3, -0.25) is 0 Å². The molecule has 0 aliphatic rings. The molecule has 0 fully saturated rings. The quantitative estimate of drug-likeness (QED) is 0.436. The summed E-state index contributed by atoms with van der Waals surface area (Å²) in [5, 5.41) is 17.7. The fraction of sp³-hybridized carbons (Fsp3) is 0.444. The number of methoxy groups -OCH3 is 1. The predicted octanol–water partition coefficient (Wildman–Crippen LogP) is 5.24. The van der Waals surface area contributed by atoms with Crippen LogP contribution in [0.3, 0.4) is 0 Å². The summed E-state index contributed by atoms with van der Waals surface area (Å²) in [6, 6.07) is 7.25. The third-order valence-corrected chi connectivity index (χ3v) is 3.89.